The van der Waals surface area contributed by atoms with E-state index in [-0.39, 0.29) is 28.5 Å². The van der Waals surface area contributed by atoms with Crippen LogP contribution in [0.2, 0.25) is 0 Å². The zero-order valence-corrected chi connectivity index (χ0v) is 41.0. The highest BCUT2D eigenvalue weighted by molar-refractivity contribution is 6.93. The topological polar surface area (TPSA) is 19.6 Å². The van der Waals surface area contributed by atoms with E-state index in [0.29, 0.717) is 0 Å². The minimum absolute atomic E-state index is 0.00578. The molecule has 2 aliphatic carbocycles. The van der Waals surface area contributed by atoms with Crippen LogP contribution in [-0.4, -0.2) is 6.85 Å². The summed E-state index contributed by atoms with van der Waals surface area (Å²) in [6, 6.07) is 62.2. The maximum absolute atomic E-state index is 7.54. The molecule has 4 aliphatic rings. The van der Waals surface area contributed by atoms with Crippen molar-refractivity contribution in [2.45, 2.75) is 90.9 Å². The van der Waals surface area contributed by atoms with E-state index < -0.39 is 0 Å². The summed E-state index contributed by atoms with van der Waals surface area (Å²) in [5, 5.41) is 1.11. The molecule has 3 nitrogen and oxygen atoms in total. The zero-order valence-electron chi connectivity index (χ0n) is 41.0. The van der Waals surface area contributed by atoms with Crippen LogP contribution in [0.5, 0.6) is 0 Å². The Morgan fingerprint density at radius 2 is 1.06 bits per heavy atom. The van der Waals surface area contributed by atoms with E-state index in [1.807, 2.05) is 0 Å². The molecular formula is C64H57BN2O. The van der Waals surface area contributed by atoms with Gasteiger partial charge in [0.1, 0.15) is 11.2 Å². The number of nitrogens with zero attached hydrogens (tertiary/aromatic N) is 2. The molecule has 0 fully saturated rings. The first-order chi connectivity index (χ1) is 32.5. The minimum atomic E-state index is -0.282. The molecule has 0 saturated heterocycles. The lowest BCUT2D eigenvalue weighted by molar-refractivity contribution is 0.590. The van der Waals surface area contributed by atoms with Gasteiger partial charge in [0.15, 0.2) is 0 Å². The van der Waals surface area contributed by atoms with Crippen molar-refractivity contribution in [3.05, 3.63) is 197 Å². The van der Waals surface area contributed by atoms with Gasteiger partial charge >= 0.3 is 6.85 Å². The Morgan fingerprint density at radius 1 is 0.471 bits per heavy atom. The summed E-state index contributed by atoms with van der Waals surface area (Å²) in [7, 11) is 0. The molecule has 9 aromatic rings. The van der Waals surface area contributed by atoms with Gasteiger partial charge < -0.3 is 14.1 Å². The molecule has 0 radical (unpaired) electrons. The van der Waals surface area contributed by atoms with Crippen molar-refractivity contribution >= 4 is 57.4 Å². The van der Waals surface area contributed by atoms with Crippen LogP contribution >= 0.6 is 0 Å². The van der Waals surface area contributed by atoms with Crippen LogP contribution in [0.3, 0.4) is 0 Å². The van der Waals surface area contributed by atoms with Gasteiger partial charge in [-0.2, -0.15) is 0 Å². The summed E-state index contributed by atoms with van der Waals surface area (Å²) in [4.78, 5) is 5.21. The Labute approximate surface area is 402 Å². The van der Waals surface area contributed by atoms with Crippen LogP contribution in [-0.2, 0) is 21.7 Å². The Balaban J connectivity index is 1.20. The minimum Gasteiger partial charge on any atom is -0.466 e. The molecule has 13 rings (SSSR count). The molecule has 4 heteroatoms. The fraction of sp³-hybridized carbons (Fsp3) is 0.219. The van der Waals surface area contributed by atoms with Gasteiger partial charge in [0.2, 0.25) is 0 Å². The number of hydrogen-bond donors (Lipinski definition) is 0. The number of furan rings is 1. The highest BCUT2D eigenvalue weighted by Gasteiger charge is 2.53. The molecule has 0 spiro atoms. The van der Waals surface area contributed by atoms with Crippen molar-refractivity contribution in [2.75, 3.05) is 9.71 Å². The van der Waals surface area contributed by atoms with Gasteiger partial charge in [-0.15, -0.1) is 0 Å². The summed E-state index contributed by atoms with van der Waals surface area (Å²) in [5.74, 6) is 0. The molecule has 2 aliphatic heterocycles. The highest BCUT2D eigenvalue weighted by Crippen LogP contribution is 2.60. The van der Waals surface area contributed by atoms with E-state index in [2.05, 4.69) is 243 Å². The maximum atomic E-state index is 7.54. The first-order valence-corrected chi connectivity index (χ1v) is 24.5. The van der Waals surface area contributed by atoms with Gasteiger partial charge in [0, 0.05) is 44.5 Å². The second-order valence-corrected chi connectivity index (χ2v) is 23.0. The molecule has 0 saturated carbocycles. The van der Waals surface area contributed by atoms with Crippen LogP contribution < -0.4 is 20.8 Å². The summed E-state index contributed by atoms with van der Waals surface area (Å²) >= 11 is 0. The third kappa shape index (κ3) is 5.61. The first-order valence-electron chi connectivity index (χ1n) is 24.5. The normalized spacial score (nSPS) is 15.6. The van der Waals surface area contributed by atoms with Gasteiger partial charge in [-0.25, -0.2) is 0 Å². The molecule has 0 atom stereocenters. The van der Waals surface area contributed by atoms with Crippen LogP contribution in [0.1, 0.15) is 103 Å². The lowest BCUT2D eigenvalue weighted by Gasteiger charge is -2.46. The first kappa shape index (κ1) is 41.2. The van der Waals surface area contributed by atoms with Crippen LogP contribution in [0.25, 0.3) is 55.5 Å². The van der Waals surface area contributed by atoms with Crippen molar-refractivity contribution < 1.29 is 4.42 Å². The Hall–Kier alpha value is -7.04. The highest BCUT2D eigenvalue weighted by atomic mass is 16.3. The molecule has 8 aromatic carbocycles. The van der Waals surface area contributed by atoms with E-state index in [4.69, 9.17) is 4.42 Å². The van der Waals surface area contributed by atoms with E-state index in [1.165, 1.54) is 94.7 Å². The molecule has 0 bridgehead atoms. The quantitative estimate of drug-likeness (QED) is 0.165. The van der Waals surface area contributed by atoms with Gasteiger partial charge in [-0.1, -0.05) is 178 Å². The standard InChI is InChI=1S/C64H57BN2O/c1-61(2,3)40-25-29-42(30-26-40)66-54-36-47-45-21-15-17-23-51(45)64(9,10)57(47)56-48-35-46-44-20-14-16-22-50(44)63(7,8)52(46)37-53(48)67(43-31-27-41(28-32-43)62(4,5)6)65(58(54)56)60-59(66)49-34-39(24-33-55(49)68-60)38-18-12-11-13-19-38/h11-37H,1-10H3. The average molecular weight is 881 g/mol. The van der Waals surface area contributed by atoms with E-state index in [1.54, 1.807) is 0 Å². The maximum Gasteiger partial charge on any atom is 0.375 e. The van der Waals surface area contributed by atoms with Gasteiger partial charge in [0.25, 0.3) is 0 Å². The molecule has 3 heterocycles. The molecule has 1 aromatic heterocycles. The lowest BCUT2D eigenvalue weighted by atomic mass is 9.45. The molecule has 68 heavy (non-hydrogen) atoms. The largest absolute Gasteiger partial charge is 0.466 e. The van der Waals surface area contributed by atoms with E-state index in [9.17, 15) is 0 Å². The summed E-state index contributed by atoms with van der Waals surface area (Å²) < 4.78 is 7.54. The third-order valence-electron chi connectivity index (χ3n) is 16.1. The Bertz CT molecular complexity index is 3580. The molecule has 0 amide bonds. The van der Waals surface area contributed by atoms with Gasteiger partial charge in [0.05, 0.1) is 5.69 Å². The molecule has 332 valence electrons. The number of hydrogen-bond acceptors (Lipinski definition) is 3. The lowest BCUT2D eigenvalue weighted by Crippen LogP contribution is -2.61. The number of benzene rings is 8. The fourth-order valence-electron chi connectivity index (χ4n) is 12.6. The van der Waals surface area contributed by atoms with Crippen molar-refractivity contribution in [3.63, 3.8) is 0 Å². The predicted molar refractivity (Wildman–Crippen MR) is 288 cm³/mol. The molecular weight excluding hydrogens is 824 g/mol. The second kappa shape index (κ2) is 13.8. The number of fused-ring (bicyclic) bond motifs is 13. The van der Waals surface area contributed by atoms with Crippen molar-refractivity contribution in [1.29, 1.82) is 0 Å². The summed E-state index contributed by atoms with van der Waals surface area (Å²) in [6.07, 6.45) is 0. The van der Waals surface area contributed by atoms with Crippen LogP contribution in [0.4, 0.5) is 28.4 Å². The van der Waals surface area contributed by atoms with Crippen molar-refractivity contribution in [1.82, 2.24) is 0 Å². The van der Waals surface area contributed by atoms with Gasteiger partial charge in [-0.05, 0) is 143 Å². The summed E-state index contributed by atoms with van der Waals surface area (Å²) in [5.41, 5.74) is 26.8. The second-order valence-electron chi connectivity index (χ2n) is 23.0. The van der Waals surface area contributed by atoms with Gasteiger partial charge in [-0.3, -0.25) is 0 Å². The molecule has 0 unspecified atom stereocenters. The summed E-state index contributed by atoms with van der Waals surface area (Å²) in [6.45, 7) is 23.2. The smallest absolute Gasteiger partial charge is 0.375 e. The van der Waals surface area contributed by atoms with E-state index in [0.717, 1.165) is 33.7 Å². The average Bonchev–Trinajstić information content (AvgIpc) is 3.90. The SMILES string of the molecule is CC(C)(C)c1ccc(N2B3c4oc5ccc(-c6ccccc6)cc5c4N(c4ccc(C(C)(C)C)cc4)c4cc5c(c(c43)-c3cc4c(cc32)C(C)(C)c2ccccc2-4)C(C)(C)c2ccccc2-5)cc1. The third-order valence-corrected chi connectivity index (χ3v) is 16.1. The Morgan fingerprint density at radius 3 is 1.71 bits per heavy atom. The number of rotatable bonds is 3. The number of anilines is 5. The monoisotopic (exact) mass is 880 g/mol. The van der Waals surface area contributed by atoms with Crippen molar-refractivity contribution in [2.24, 2.45) is 0 Å². The van der Waals surface area contributed by atoms with Crippen molar-refractivity contribution in [3.8, 4) is 44.5 Å². The Kier molecular flexibility index (Phi) is 8.35. The fourth-order valence-corrected chi connectivity index (χ4v) is 12.6. The zero-order chi connectivity index (χ0) is 46.8. The predicted octanol–water partition coefficient (Wildman–Crippen LogP) is 16.0. The van der Waals surface area contributed by atoms with E-state index >= 15 is 0 Å². The molecule has 0 N–H and O–H groups in total. The van der Waals surface area contributed by atoms with Crippen LogP contribution in [0.15, 0.2) is 168 Å². The van der Waals surface area contributed by atoms with Crippen LogP contribution in [0, 0.1) is 0 Å².